The zero-order valence-electron chi connectivity index (χ0n) is 15.6. The van der Waals surface area contributed by atoms with Gasteiger partial charge in [-0.3, -0.25) is 9.59 Å². The van der Waals surface area contributed by atoms with Gasteiger partial charge < -0.3 is 9.80 Å². The predicted octanol–water partition coefficient (Wildman–Crippen LogP) is 3.31. The number of rotatable bonds is 4. The third-order valence-electron chi connectivity index (χ3n) is 4.77. The fraction of sp³-hybridized carbons (Fsp3) is 0.190. The van der Waals surface area contributed by atoms with E-state index < -0.39 is 0 Å². The van der Waals surface area contributed by atoms with Crippen molar-refractivity contribution in [1.82, 2.24) is 14.7 Å². The molecule has 148 valence electrons. The molecule has 8 heteroatoms. The molecule has 1 fully saturated rings. The van der Waals surface area contributed by atoms with Crippen LogP contribution in [0.2, 0.25) is 5.02 Å². The first-order valence-electron chi connectivity index (χ1n) is 9.22. The molecular weight excluding hydrogens is 408 g/mol. The zero-order chi connectivity index (χ0) is 20.2. The average Bonchev–Trinajstić information content (AvgIpc) is 3.28. The summed E-state index contributed by atoms with van der Waals surface area (Å²) in [5.74, 6) is -0.0123. The molecule has 0 saturated carbocycles. The predicted molar refractivity (Wildman–Crippen MR) is 117 cm³/mol. The van der Waals surface area contributed by atoms with Crippen molar-refractivity contribution in [3.8, 4) is 5.69 Å². The van der Waals surface area contributed by atoms with Gasteiger partial charge >= 0.3 is 0 Å². The molecule has 4 rings (SSSR count). The first-order valence-corrected chi connectivity index (χ1v) is 10.5. The van der Waals surface area contributed by atoms with Gasteiger partial charge in [-0.15, -0.1) is 11.3 Å². The van der Waals surface area contributed by atoms with Crippen molar-refractivity contribution in [2.75, 3.05) is 31.1 Å². The molecule has 1 amide bonds. The van der Waals surface area contributed by atoms with Crippen molar-refractivity contribution in [1.29, 1.82) is 0 Å². The van der Waals surface area contributed by atoms with E-state index in [1.165, 1.54) is 4.68 Å². The van der Waals surface area contributed by atoms with E-state index in [1.807, 2.05) is 46.7 Å². The van der Waals surface area contributed by atoms with Crippen LogP contribution in [0.5, 0.6) is 0 Å². The fourth-order valence-electron chi connectivity index (χ4n) is 3.21. The molecule has 0 N–H and O–H groups in total. The van der Waals surface area contributed by atoms with Gasteiger partial charge in [0.1, 0.15) is 5.02 Å². The monoisotopic (exact) mass is 426 g/mol. The summed E-state index contributed by atoms with van der Waals surface area (Å²) in [6.45, 7) is 2.31. The number of para-hydroxylation sites is 1. The quantitative estimate of drug-likeness (QED) is 0.600. The Labute approximate surface area is 177 Å². The van der Waals surface area contributed by atoms with Crippen molar-refractivity contribution >= 4 is 40.6 Å². The second-order valence-electron chi connectivity index (χ2n) is 6.56. The average molecular weight is 427 g/mol. The summed E-state index contributed by atoms with van der Waals surface area (Å²) in [6, 6.07) is 13.1. The van der Waals surface area contributed by atoms with Gasteiger partial charge in [0.05, 0.1) is 17.6 Å². The van der Waals surface area contributed by atoms with E-state index >= 15 is 0 Å². The summed E-state index contributed by atoms with van der Waals surface area (Å²) >= 11 is 7.97. The summed E-state index contributed by atoms with van der Waals surface area (Å²) in [7, 11) is 0. The molecule has 0 bridgehead atoms. The van der Waals surface area contributed by atoms with E-state index in [-0.39, 0.29) is 16.5 Å². The molecule has 3 aromatic rings. The number of amides is 1. The van der Waals surface area contributed by atoms with Crippen LogP contribution >= 0.6 is 22.9 Å². The van der Waals surface area contributed by atoms with Crippen LogP contribution in [-0.4, -0.2) is 46.8 Å². The van der Waals surface area contributed by atoms with Crippen LogP contribution < -0.4 is 10.5 Å². The summed E-state index contributed by atoms with van der Waals surface area (Å²) in [5.41, 5.74) is 0.914. The molecule has 1 aliphatic rings. The van der Waals surface area contributed by atoms with Gasteiger partial charge in [-0.2, -0.15) is 9.78 Å². The highest BCUT2D eigenvalue weighted by Crippen LogP contribution is 2.23. The van der Waals surface area contributed by atoms with Gasteiger partial charge in [0.2, 0.25) is 5.91 Å². The Kier molecular flexibility index (Phi) is 5.78. The lowest BCUT2D eigenvalue weighted by molar-refractivity contribution is -0.126. The van der Waals surface area contributed by atoms with E-state index in [4.69, 9.17) is 11.6 Å². The van der Waals surface area contributed by atoms with Gasteiger partial charge in [0, 0.05) is 37.1 Å². The molecule has 3 heterocycles. The van der Waals surface area contributed by atoms with E-state index in [1.54, 1.807) is 40.6 Å². The standard InChI is InChI=1S/C21H19ClN4O2S/c22-20-18(15-23-26(21(20)28)16-5-2-1-3-6-16)24-10-12-25(13-11-24)19(27)9-8-17-7-4-14-29-17/h1-9,14-15H,10-13H2/b9-8+. The van der Waals surface area contributed by atoms with E-state index in [0.29, 0.717) is 37.6 Å². The number of hydrogen-bond donors (Lipinski definition) is 0. The lowest BCUT2D eigenvalue weighted by atomic mass is 10.2. The van der Waals surface area contributed by atoms with Crippen molar-refractivity contribution in [3.63, 3.8) is 0 Å². The van der Waals surface area contributed by atoms with Crippen LogP contribution in [0.4, 0.5) is 5.69 Å². The number of hydrogen-bond acceptors (Lipinski definition) is 5. The SMILES string of the molecule is O=C(/C=C/c1cccs1)N1CCN(c2cnn(-c3ccccc3)c(=O)c2Cl)CC1. The molecule has 1 saturated heterocycles. The van der Waals surface area contributed by atoms with Crippen LogP contribution in [0.1, 0.15) is 4.88 Å². The van der Waals surface area contributed by atoms with E-state index in [0.717, 1.165) is 4.88 Å². The highest BCUT2D eigenvalue weighted by Gasteiger charge is 2.23. The Morgan fingerprint density at radius 2 is 1.83 bits per heavy atom. The minimum Gasteiger partial charge on any atom is -0.365 e. The zero-order valence-corrected chi connectivity index (χ0v) is 17.1. The van der Waals surface area contributed by atoms with Crippen molar-refractivity contribution in [2.24, 2.45) is 0 Å². The normalized spacial score (nSPS) is 14.5. The second-order valence-corrected chi connectivity index (χ2v) is 7.91. The first kappa shape index (κ1) is 19.4. The molecular formula is C21H19ClN4O2S. The van der Waals surface area contributed by atoms with Gasteiger partial charge in [0.15, 0.2) is 0 Å². The largest absolute Gasteiger partial charge is 0.365 e. The topological polar surface area (TPSA) is 58.4 Å². The summed E-state index contributed by atoms with van der Waals surface area (Å²) < 4.78 is 1.29. The Balaban J connectivity index is 1.44. The highest BCUT2D eigenvalue weighted by atomic mass is 35.5. The lowest BCUT2D eigenvalue weighted by Crippen LogP contribution is -2.48. The van der Waals surface area contributed by atoms with Crippen LogP contribution in [0.3, 0.4) is 0 Å². The number of aromatic nitrogens is 2. The molecule has 0 spiro atoms. The number of thiophene rings is 1. The smallest absolute Gasteiger partial charge is 0.292 e. The maximum absolute atomic E-state index is 12.7. The Morgan fingerprint density at radius 1 is 1.07 bits per heavy atom. The molecule has 1 aliphatic heterocycles. The Hall–Kier alpha value is -2.90. The number of carbonyl (C=O) groups excluding carboxylic acids is 1. The molecule has 0 unspecified atom stereocenters. The van der Waals surface area contributed by atoms with Gasteiger partial charge in [-0.1, -0.05) is 35.9 Å². The number of halogens is 1. The number of piperazine rings is 1. The van der Waals surface area contributed by atoms with Gasteiger partial charge in [0.25, 0.3) is 5.56 Å². The van der Waals surface area contributed by atoms with E-state index in [2.05, 4.69) is 5.10 Å². The highest BCUT2D eigenvalue weighted by molar-refractivity contribution is 7.10. The molecule has 0 radical (unpaired) electrons. The Bertz CT molecular complexity index is 1070. The second kappa shape index (κ2) is 8.63. The molecule has 2 aromatic heterocycles. The number of carbonyl (C=O) groups is 1. The third-order valence-corrected chi connectivity index (χ3v) is 5.96. The molecule has 1 aromatic carbocycles. The molecule has 0 atom stereocenters. The van der Waals surface area contributed by atoms with Crippen LogP contribution in [-0.2, 0) is 4.79 Å². The van der Waals surface area contributed by atoms with Gasteiger partial charge in [-0.25, -0.2) is 0 Å². The van der Waals surface area contributed by atoms with Crippen LogP contribution in [0.15, 0.2) is 64.9 Å². The minimum atomic E-state index is -0.354. The number of anilines is 1. The van der Waals surface area contributed by atoms with Crippen molar-refractivity contribution in [3.05, 3.63) is 80.4 Å². The van der Waals surface area contributed by atoms with Gasteiger partial charge in [-0.05, 0) is 29.7 Å². The molecule has 0 aliphatic carbocycles. The van der Waals surface area contributed by atoms with Crippen molar-refractivity contribution < 1.29 is 4.79 Å². The summed E-state index contributed by atoms with van der Waals surface area (Å²) in [6.07, 6.45) is 5.06. The number of nitrogens with zero attached hydrogens (tertiary/aromatic N) is 4. The lowest BCUT2D eigenvalue weighted by Gasteiger charge is -2.35. The summed E-state index contributed by atoms with van der Waals surface area (Å²) in [5, 5.41) is 6.40. The fourth-order valence-corrected chi connectivity index (χ4v) is 4.08. The molecule has 29 heavy (non-hydrogen) atoms. The minimum absolute atomic E-state index is 0.0123. The Morgan fingerprint density at radius 3 is 2.52 bits per heavy atom. The third kappa shape index (κ3) is 4.26. The summed E-state index contributed by atoms with van der Waals surface area (Å²) in [4.78, 5) is 29.9. The molecule has 6 nitrogen and oxygen atoms in total. The van der Waals surface area contributed by atoms with E-state index in [9.17, 15) is 9.59 Å². The van der Waals surface area contributed by atoms with Crippen LogP contribution in [0, 0.1) is 0 Å². The number of benzene rings is 1. The maximum Gasteiger partial charge on any atom is 0.292 e. The first-order chi connectivity index (χ1) is 14.1. The van der Waals surface area contributed by atoms with Crippen molar-refractivity contribution in [2.45, 2.75) is 0 Å². The van der Waals surface area contributed by atoms with Crippen LogP contribution in [0.25, 0.3) is 11.8 Å². The maximum atomic E-state index is 12.7.